The maximum Gasteiger partial charge on any atom is 0.321 e. The average Bonchev–Trinajstić information content (AvgIpc) is 2.44. The van der Waals surface area contributed by atoms with Crippen molar-refractivity contribution in [2.45, 2.75) is 6.92 Å². The number of benzene rings is 1. The van der Waals surface area contributed by atoms with Gasteiger partial charge in [0.15, 0.2) is 0 Å². The third kappa shape index (κ3) is 6.09. The Morgan fingerprint density at radius 1 is 1.38 bits per heavy atom. The summed E-state index contributed by atoms with van der Waals surface area (Å²) in [6, 6.07) is 3.16. The molecular formula is C13H18FN3O4. The Labute approximate surface area is 121 Å². The summed E-state index contributed by atoms with van der Waals surface area (Å²) >= 11 is 0. The number of aliphatic hydroxyl groups excluding tert-OH is 1. The number of halogens is 1. The number of ether oxygens (including phenoxy) is 1. The van der Waals surface area contributed by atoms with Crippen molar-refractivity contribution in [3.05, 3.63) is 24.0 Å². The van der Waals surface area contributed by atoms with Gasteiger partial charge in [-0.1, -0.05) is 0 Å². The molecule has 3 amide bonds. The van der Waals surface area contributed by atoms with Gasteiger partial charge in [-0.05, 0) is 19.1 Å². The van der Waals surface area contributed by atoms with Crippen LogP contribution in [0.3, 0.4) is 0 Å². The summed E-state index contributed by atoms with van der Waals surface area (Å²) in [5, 5.41) is 16.0. The Kier molecular flexibility index (Phi) is 6.96. The Morgan fingerprint density at radius 2 is 2.14 bits per heavy atom. The molecule has 0 saturated carbocycles. The number of carbonyl (C=O) groups is 2. The summed E-state index contributed by atoms with van der Waals surface area (Å²) in [6.45, 7) is 1.74. The third-order valence-electron chi connectivity index (χ3n) is 2.32. The molecule has 1 rings (SSSR count). The molecule has 4 N–H and O–H groups in total. The number of rotatable bonds is 7. The summed E-state index contributed by atoms with van der Waals surface area (Å²) < 4.78 is 18.3. The second-order valence-corrected chi connectivity index (χ2v) is 3.97. The SMILES string of the molecule is CCNC(=O)NC(=O)CNc1ccc(F)cc1OCCO. The van der Waals surface area contributed by atoms with E-state index in [1.165, 1.54) is 12.1 Å². The number of nitrogens with one attached hydrogen (secondary N) is 3. The molecule has 8 heteroatoms. The van der Waals surface area contributed by atoms with E-state index in [2.05, 4.69) is 16.0 Å². The molecule has 116 valence electrons. The van der Waals surface area contributed by atoms with Gasteiger partial charge in [0.25, 0.3) is 0 Å². The standard InChI is InChI=1S/C13H18FN3O4/c1-2-15-13(20)17-12(19)8-16-10-4-3-9(14)7-11(10)21-6-5-18/h3-4,7,16,18H,2,5-6,8H2,1H3,(H2,15,17,19,20). The fourth-order valence-electron chi connectivity index (χ4n) is 1.47. The lowest BCUT2D eigenvalue weighted by atomic mass is 10.3. The number of aliphatic hydroxyl groups is 1. The van der Waals surface area contributed by atoms with Crippen LogP contribution in [0.25, 0.3) is 0 Å². The molecule has 0 radical (unpaired) electrons. The molecule has 0 aliphatic heterocycles. The molecule has 0 fully saturated rings. The molecule has 0 atom stereocenters. The zero-order valence-corrected chi connectivity index (χ0v) is 11.6. The van der Waals surface area contributed by atoms with Crippen molar-refractivity contribution in [3.63, 3.8) is 0 Å². The Bertz CT molecular complexity index is 496. The summed E-state index contributed by atoms with van der Waals surface area (Å²) in [6.07, 6.45) is 0. The van der Waals surface area contributed by atoms with Gasteiger partial charge in [0.1, 0.15) is 18.2 Å². The molecule has 0 aliphatic carbocycles. The molecule has 0 heterocycles. The van der Waals surface area contributed by atoms with Crippen molar-refractivity contribution < 1.29 is 23.8 Å². The summed E-state index contributed by atoms with van der Waals surface area (Å²) in [5.41, 5.74) is 0.385. The maximum absolute atomic E-state index is 13.1. The van der Waals surface area contributed by atoms with Crippen molar-refractivity contribution in [1.29, 1.82) is 0 Å². The Morgan fingerprint density at radius 3 is 2.81 bits per heavy atom. The monoisotopic (exact) mass is 299 g/mol. The van der Waals surface area contributed by atoms with E-state index in [4.69, 9.17) is 9.84 Å². The van der Waals surface area contributed by atoms with Gasteiger partial charge in [0, 0.05) is 12.6 Å². The van der Waals surface area contributed by atoms with Crippen LogP contribution in [-0.4, -0.2) is 43.3 Å². The first kappa shape index (κ1) is 16.7. The van der Waals surface area contributed by atoms with E-state index in [9.17, 15) is 14.0 Å². The number of carbonyl (C=O) groups excluding carboxylic acids is 2. The minimum atomic E-state index is -0.583. The molecule has 0 bridgehead atoms. The first-order chi connectivity index (χ1) is 10.1. The highest BCUT2D eigenvalue weighted by atomic mass is 19.1. The van der Waals surface area contributed by atoms with Crippen LogP contribution < -0.4 is 20.7 Å². The van der Waals surface area contributed by atoms with E-state index < -0.39 is 17.8 Å². The van der Waals surface area contributed by atoms with Crippen LogP contribution in [0.15, 0.2) is 18.2 Å². The number of hydrogen-bond donors (Lipinski definition) is 4. The van der Waals surface area contributed by atoms with Gasteiger partial charge in [-0.3, -0.25) is 10.1 Å². The molecule has 1 aromatic rings. The fraction of sp³-hybridized carbons (Fsp3) is 0.385. The predicted octanol–water partition coefficient (Wildman–Crippen LogP) is 0.454. The van der Waals surface area contributed by atoms with Crippen LogP contribution in [0.2, 0.25) is 0 Å². The van der Waals surface area contributed by atoms with Gasteiger partial charge < -0.3 is 20.5 Å². The number of anilines is 1. The normalized spacial score (nSPS) is 9.86. The zero-order valence-electron chi connectivity index (χ0n) is 11.6. The van der Waals surface area contributed by atoms with Crippen LogP contribution in [0, 0.1) is 5.82 Å². The van der Waals surface area contributed by atoms with E-state index in [0.717, 1.165) is 6.07 Å². The van der Waals surface area contributed by atoms with Crippen molar-refractivity contribution in [1.82, 2.24) is 10.6 Å². The van der Waals surface area contributed by atoms with E-state index >= 15 is 0 Å². The number of hydrogen-bond acceptors (Lipinski definition) is 5. The predicted molar refractivity (Wildman–Crippen MR) is 74.7 cm³/mol. The van der Waals surface area contributed by atoms with Gasteiger partial charge in [0.05, 0.1) is 18.8 Å². The molecule has 0 unspecified atom stereocenters. The van der Waals surface area contributed by atoms with Crippen molar-refractivity contribution in [2.24, 2.45) is 0 Å². The largest absolute Gasteiger partial charge is 0.489 e. The lowest BCUT2D eigenvalue weighted by molar-refractivity contribution is -0.118. The number of imide groups is 1. The van der Waals surface area contributed by atoms with Crippen LogP contribution >= 0.6 is 0 Å². The van der Waals surface area contributed by atoms with E-state index in [0.29, 0.717) is 12.2 Å². The quantitative estimate of drug-likeness (QED) is 0.586. The fourth-order valence-corrected chi connectivity index (χ4v) is 1.47. The highest BCUT2D eigenvalue weighted by molar-refractivity contribution is 5.96. The highest BCUT2D eigenvalue weighted by Crippen LogP contribution is 2.25. The zero-order chi connectivity index (χ0) is 15.7. The van der Waals surface area contributed by atoms with Crippen LogP contribution in [0.5, 0.6) is 5.75 Å². The second-order valence-electron chi connectivity index (χ2n) is 3.97. The van der Waals surface area contributed by atoms with Gasteiger partial charge >= 0.3 is 6.03 Å². The molecular weight excluding hydrogens is 281 g/mol. The summed E-state index contributed by atoms with van der Waals surface area (Å²) in [7, 11) is 0. The molecule has 21 heavy (non-hydrogen) atoms. The van der Waals surface area contributed by atoms with Crippen molar-refractivity contribution in [3.8, 4) is 5.75 Å². The van der Waals surface area contributed by atoms with Crippen LogP contribution in [0.1, 0.15) is 6.92 Å². The number of amides is 3. The maximum atomic E-state index is 13.1. The molecule has 0 saturated heterocycles. The molecule has 0 aliphatic rings. The Balaban J connectivity index is 2.57. The van der Waals surface area contributed by atoms with E-state index in [1.807, 2.05) is 0 Å². The molecule has 1 aromatic carbocycles. The van der Waals surface area contributed by atoms with Gasteiger partial charge in [-0.2, -0.15) is 0 Å². The van der Waals surface area contributed by atoms with Gasteiger partial charge in [0.2, 0.25) is 5.91 Å². The minimum absolute atomic E-state index is 0.00321. The smallest absolute Gasteiger partial charge is 0.321 e. The lowest BCUT2D eigenvalue weighted by Crippen LogP contribution is -2.41. The molecule has 0 spiro atoms. The first-order valence-corrected chi connectivity index (χ1v) is 6.41. The van der Waals surface area contributed by atoms with Crippen molar-refractivity contribution in [2.75, 3.05) is 31.6 Å². The van der Waals surface area contributed by atoms with E-state index in [1.54, 1.807) is 6.92 Å². The number of urea groups is 1. The summed E-state index contributed by atoms with van der Waals surface area (Å²) in [5.74, 6) is -0.867. The van der Waals surface area contributed by atoms with Crippen molar-refractivity contribution >= 4 is 17.6 Å². The lowest BCUT2D eigenvalue weighted by Gasteiger charge is -2.12. The van der Waals surface area contributed by atoms with Crippen LogP contribution in [-0.2, 0) is 4.79 Å². The Hall–Kier alpha value is -2.35. The second kappa shape index (κ2) is 8.75. The minimum Gasteiger partial charge on any atom is -0.489 e. The average molecular weight is 299 g/mol. The highest BCUT2D eigenvalue weighted by Gasteiger charge is 2.09. The van der Waals surface area contributed by atoms with Crippen LogP contribution in [0.4, 0.5) is 14.9 Å². The summed E-state index contributed by atoms with van der Waals surface area (Å²) in [4.78, 5) is 22.6. The molecule has 7 nitrogen and oxygen atoms in total. The molecule has 0 aromatic heterocycles. The third-order valence-corrected chi connectivity index (χ3v) is 2.32. The van der Waals surface area contributed by atoms with Gasteiger partial charge in [-0.25, -0.2) is 9.18 Å². The topological polar surface area (TPSA) is 99.7 Å². The first-order valence-electron chi connectivity index (χ1n) is 6.41. The van der Waals surface area contributed by atoms with Gasteiger partial charge in [-0.15, -0.1) is 0 Å². The van der Waals surface area contributed by atoms with E-state index in [-0.39, 0.29) is 25.5 Å².